The minimum Gasteiger partial charge on any atom is -0.464 e. The van der Waals surface area contributed by atoms with Crippen molar-refractivity contribution in [3.63, 3.8) is 0 Å². The van der Waals surface area contributed by atoms with Crippen LogP contribution in [0.2, 0.25) is 0 Å². The van der Waals surface area contributed by atoms with Gasteiger partial charge in [0.05, 0.1) is 12.7 Å². The first-order valence-corrected chi connectivity index (χ1v) is 7.31. The van der Waals surface area contributed by atoms with E-state index in [1.54, 1.807) is 6.26 Å². The van der Waals surface area contributed by atoms with Crippen molar-refractivity contribution in [2.24, 2.45) is 0 Å². The summed E-state index contributed by atoms with van der Waals surface area (Å²) in [6.45, 7) is 5.74. The van der Waals surface area contributed by atoms with Gasteiger partial charge in [0, 0.05) is 37.1 Å². The van der Waals surface area contributed by atoms with Gasteiger partial charge in [-0.05, 0) is 26.1 Å². The molecule has 1 aromatic heterocycles. The maximum absolute atomic E-state index is 12.2. The number of hydrazine groups is 1. The molecule has 1 fully saturated rings. The van der Waals surface area contributed by atoms with Gasteiger partial charge >= 0.3 is 0 Å². The molecule has 0 aliphatic carbocycles. The van der Waals surface area contributed by atoms with Gasteiger partial charge in [-0.3, -0.25) is 10.2 Å². The normalized spacial score (nSPS) is 17.2. The third kappa shape index (κ3) is 3.25. The van der Waals surface area contributed by atoms with Crippen LogP contribution in [0.1, 0.15) is 11.1 Å². The van der Waals surface area contributed by atoms with Crippen LogP contribution in [0.15, 0.2) is 28.9 Å². The lowest BCUT2D eigenvalue weighted by Gasteiger charge is -2.32. The Kier molecular flexibility index (Phi) is 3.94. The molecule has 0 unspecified atom stereocenters. The van der Waals surface area contributed by atoms with Gasteiger partial charge in [0.1, 0.15) is 5.58 Å². The fraction of sp³-hybridized carbons (Fsp3) is 0.438. The summed E-state index contributed by atoms with van der Waals surface area (Å²) in [6.07, 6.45) is 2.04. The zero-order chi connectivity index (χ0) is 14.8. The Morgan fingerprint density at radius 1 is 1.29 bits per heavy atom. The number of carbonyl (C=O) groups excluding carboxylic acids is 1. The summed E-state index contributed by atoms with van der Waals surface area (Å²) in [5.41, 5.74) is 5.93. The molecule has 3 rings (SSSR count). The Balaban J connectivity index is 1.65. The first kappa shape index (κ1) is 14.1. The summed E-state index contributed by atoms with van der Waals surface area (Å²) in [4.78, 5) is 14.4. The van der Waals surface area contributed by atoms with Gasteiger partial charge in [0.15, 0.2) is 0 Å². The number of nitrogens with zero attached hydrogens (tertiary/aromatic N) is 2. The lowest BCUT2D eigenvalue weighted by atomic mass is 10.1. The minimum atomic E-state index is 0.0174. The van der Waals surface area contributed by atoms with E-state index in [-0.39, 0.29) is 5.91 Å². The quantitative estimate of drug-likeness (QED) is 0.931. The molecule has 1 N–H and O–H groups in total. The number of carbonyl (C=O) groups is 1. The first-order chi connectivity index (χ1) is 10.1. The molecule has 1 amide bonds. The van der Waals surface area contributed by atoms with E-state index in [0.29, 0.717) is 6.42 Å². The van der Waals surface area contributed by atoms with Gasteiger partial charge in [-0.2, -0.15) is 0 Å². The summed E-state index contributed by atoms with van der Waals surface area (Å²) in [6, 6.07) is 6.03. The van der Waals surface area contributed by atoms with Crippen LogP contribution in [0.4, 0.5) is 0 Å². The SMILES string of the molecule is Cc1ccc2occ(CC(=O)NN3CCN(C)CC3)c2c1. The maximum Gasteiger partial charge on any atom is 0.238 e. The van der Waals surface area contributed by atoms with Crippen molar-refractivity contribution in [1.29, 1.82) is 0 Å². The summed E-state index contributed by atoms with van der Waals surface area (Å²) in [5.74, 6) is 0.0174. The Morgan fingerprint density at radius 2 is 2.05 bits per heavy atom. The number of amides is 1. The van der Waals surface area contributed by atoms with Gasteiger partial charge in [-0.25, -0.2) is 5.01 Å². The molecule has 5 nitrogen and oxygen atoms in total. The van der Waals surface area contributed by atoms with E-state index in [2.05, 4.69) is 23.4 Å². The molecule has 0 bridgehead atoms. The highest BCUT2D eigenvalue weighted by atomic mass is 16.3. The van der Waals surface area contributed by atoms with Crippen molar-refractivity contribution in [2.45, 2.75) is 13.3 Å². The number of hydrogen-bond donors (Lipinski definition) is 1. The van der Waals surface area contributed by atoms with Gasteiger partial charge < -0.3 is 9.32 Å². The molecule has 1 aromatic carbocycles. The van der Waals surface area contributed by atoms with Crippen molar-refractivity contribution < 1.29 is 9.21 Å². The number of rotatable bonds is 3. The Bertz CT molecular complexity index is 642. The number of benzene rings is 1. The molecular weight excluding hydrogens is 266 g/mol. The van der Waals surface area contributed by atoms with E-state index in [1.807, 2.05) is 24.1 Å². The standard InChI is InChI=1S/C16H21N3O2/c1-12-3-4-15-14(9-12)13(11-21-15)10-16(20)17-19-7-5-18(2)6-8-19/h3-4,9,11H,5-8,10H2,1-2H3,(H,17,20). The van der Waals surface area contributed by atoms with E-state index < -0.39 is 0 Å². The highest BCUT2D eigenvalue weighted by Crippen LogP contribution is 2.22. The van der Waals surface area contributed by atoms with Gasteiger partial charge in [0.2, 0.25) is 5.91 Å². The Hall–Kier alpha value is -1.85. The van der Waals surface area contributed by atoms with Crippen LogP contribution in [0.25, 0.3) is 11.0 Å². The van der Waals surface area contributed by atoms with E-state index in [0.717, 1.165) is 42.7 Å². The molecule has 1 aliphatic rings. The average molecular weight is 287 g/mol. The van der Waals surface area contributed by atoms with Crippen molar-refractivity contribution in [3.05, 3.63) is 35.6 Å². The highest BCUT2D eigenvalue weighted by molar-refractivity contribution is 5.87. The topological polar surface area (TPSA) is 48.7 Å². The minimum absolute atomic E-state index is 0.0174. The van der Waals surface area contributed by atoms with Crippen LogP contribution in [-0.2, 0) is 11.2 Å². The van der Waals surface area contributed by atoms with Crippen molar-refractivity contribution in [1.82, 2.24) is 15.3 Å². The molecule has 0 atom stereocenters. The largest absolute Gasteiger partial charge is 0.464 e. The zero-order valence-corrected chi connectivity index (χ0v) is 12.6. The molecule has 1 aliphatic heterocycles. The molecule has 0 spiro atoms. The number of aryl methyl sites for hydroxylation is 1. The molecule has 2 aromatic rings. The predicted octanol–water partition coefficient (Wildman–Crippen LogP) is 1.56. The molecule has 5 heteroatoms. The number of furan rings is 1. The molecule has 0 radical (unpaired) electrons. The summed E-state index contributed by atoms with van der Waals surface area (Å²) in [7, 11) is 2.10. The number of likely N-dealkylation sites (N-methyl/N-ethyl adjacent to an activating group) is 1. The second-order valence-electron chi connectivity index (χ2n) is 5.76. The van der Waals surface area contributed by atoms with Crippen LogP contribution in [0.5, 0.6) is 0 Å². The fourth-order valence-electron chi connectivity index (χ4n) is 2.64. The Labute approximate surface area is 124 Å². The lowest BCUT2D eigenvalue weighted by Crippen LogP contribution is -2.52. The fourth-order valence-corrected chi connectivity index (χ4v) is 2.64. The summed E-state index contributed by atoms with van der Waals surface area (Å²) < 4.78 is 5.51. The molecule has 112 valence electrons. The first-order valence-electron chi connectivity index (χ1n) is 7.31. The van der Waals surface area contributed by atoms with Crippen LogP contribution in [0, 0.1) is 6.92 Å². The zero-order valence-electron chi connectivity index (χ0n) is 12.6. The Morgan fingerprint density at radius 3 is 2.81 bits per heavy atom. The second kappa shape index (κ2) is 5.87. The number of nitrogens with one attached hydrogen (secondary N) is 1. The maximum atomic E-state index is 12.2. The number of hydrogen-bond acceptors (Lipinski definition) is 4. The summed E-state index contributed by atoms with van der Waals surface area (Å²) in [5, 5.41) is 3.03. The van der Waals surface area contributed by atoms with E-state index >= 15 is 0 Å². The highest BCUT2D eigenvalue weighted by Gasteiger charge is 2.17. The van der Waals surface area contributed by atoms with Gasteiger partial charge in [-0.1, -0.05) is 11.6 Å². The number of fused-ring (bicyclic) bond motifs is 1. The van der Waals surface area contributed by atoms with Crippen LogP contribution in [-0.4, -0.2) is 49.0 Å². The number of piperazine rings is 1. The molecule has 21 heavy (non-hydrogen) atoms. The van der Waals surface area contributed by atoms with Crippen LogP contribution in [0.3, 0.4) is 0 Å². The molecule has 0 saturated carbocycles. The molecular formula is C16H21N3O2. The summed E-state index contributed by atoms with van der Waals surface area (Å²) >= 11 is 0. The van der Waals surface area contributed by atoms with Gasteiger partial charge in [0.25, 0.3) is 0 Å². The monoisotopic (exact) mass is 287 g/mol. The second-order valence-corrected chi connectivity index (χ2v) is 5.76. The lowest BCUT2D eigenvalue weighted by molar-refractivity contribution is -0.126. The van der Waals surface area contributed by atoms with Crippen molar-refractivity contribution >= 4 is 16.9 Å². The molecule has 2 heterocycles. The third-order valence-corrected chi connectivity index (χ3v) is 3.95. The van der Waals surface area contributed by atoms with Gasteiger partial charge in [-0.15, -0.1) is 0 Å². The average Bonchev–Trinajstić information content (AvgIpc) is 2.84. The van der Waals surface area contributed by atoms with Crippen molar-refractivity contribution in [3.8, 4) is 0 Å². The van der Waals surface area contributed by atoms with Crippen LogP contribution >= 0.6 is 0 Å². The van der Waals surface area contributed by atoms with E-state index in [4.69, 9.17) is 4.42 Å². The predicted molar refractivity (Wildman–Crippen MR) is 81.9 cm³/mol. The third-order valence-electron chi connectivity index (χ3n) is 3.95. The van der Waals surface area contributed by atoms with E-state index in [9.17, 15) is 4.79 Å². The van der Waals surface area contributed by atoms with Crippen molar-refractivity contribution in [2.75, 3.05) is 33.2 Å². The van der Waals surface area contributed by atoms with E-state index in [1.165, 1.54) is 5.56 Å². The van der Waals surface area contributed by atoms with Crippen LogP contribution < -0.4 is 5.43 Å². The molecule has 1 saturated heterocycles. The smallest absolute Gasteiger partial charge is 0.238 e.